The number of nitrogens with zero attached hydrogens (tertiary/aromatic N) is 1. The van der Waals surface area contributed by atoms with Crippen molar-refractivity contribution in [2.45, 2.75) is 46.0 Å². The number of hydrogen-bond acceptors (Lipinski definition) is 3. The average molecular weight is 402 g/mol. The second kappa shape index (κ2) is 10.1. The summed E-state index contributed by atoms with van der Waals surface area (Å²) in [6, 6.07) is 5.06. The number of piperidine rings is 1. The van der Waals surface area contributed by atoms with E-state index in [2.05, 4.69) is 5.32 Å². The van der Waals surface area contributed by atoms with Crippen LogP contribution in [0.1, 0.15) is 56.3 Å². The summed E-state index contributed by atoms with van der Waals surface area (Å²) in [5, 5.41) is 3.25. The lowest BCUT2D eigenvalue weighted by molar-refractivity contribution is -0.125. The highest BCUT2D eigenvalue weighted by Crippen LogP contribution is 2.29. The summed E-state index contributed by atoms with van der Waals surface area (Å²) >= 11 is 6.32. The molecule has 1 aliphatic rings. The summed E-state index contributed by atoms with van der Waals surface area (Å²) in [6.07, 6.45) is 4.58. The van der Waals surface area contributed by atoms with Gasteiger partial charge in [0.15, 0.2) is 0 Å². The normalized spacial score (nSPS) is 14.5. The number of benzene rings is 1. The van der Waals surface area contributed by atoms with Crippen LogP contribution in [-0.2, 0) is 4.79 Å². The fourth-order valence-corrected chi connectivity index (χ4v) is 3.51. The summed E-state index contributed by atoms with van der Waals surface area (Å²) < 4.78 is 0. The Morgan fingerprint density at radius 3 is 2.31 bits per heavy atom. The topological polar surface area (TPSA) is 75.4 Å². The van der Waals surface area contributed by atoms with Gasteiger partial charge in [0.2, 0.25) is 5.91 Å². The Kier molecular flexibility index (Phi) is 8.87. The quantitative estimate of drug-likeness (QED) is 0.753. The number of anilines is 1. The maximum absolute atomic E-state index is 12.6. The van der Waals surface area contributed by atoms with Crippen LogP contribution in [0, 0.1) is 5.41 Å². The van der Waals surface area contributed by atoms with Gasteiger partial charge in [-0.2, -0.15) is 0 Å². The molecule has 0 aliphatic carbocycles. The highest BCUT2D eigenvalue weighted by molar-refractivity contribution is 6.34. The molecule has 0 spiro atoms. The Balaban J connectivity index is 0.00000338. The SMILES string of the molecule is CCC(CC)(CN)C(=O)Nc1ccc(C(=O)N2CCCCC2)c(Cl)c1.Cl. The zero-order valence-electron chi connectivity index (χ0n) is 15.5. The van der Waals surface area contributed by atoms with Gasteiger partial charge in [-0.1, -0.05) is 25.4 Å². The lowest BCUT2D eigenvalue weighted by Gasteiger charge is -2.29. The minimum Gasteiger partial charge on any atom is -0.339 e. The standard InChI is InChI=1S/C19H28ClN3O2.ClH/c1-3-19(4-2,13-21)18(25)22-14-8-9-15(16(20)12-14)17(24)23-10-6-5-7-11-23;/h8-9,12H,3-7,10-11,13,21H2,1-2H3,(H,22,25);1H. The van der Waals surface area contributed by atoms with Crippen LogP contribution in [0.2, 0.25) is 5.02 Å². The number of nitrogens with one attached hydrogen (secondary N) is 1. The highest BCUT2D eigenvalue weighted by atomic mass is 35.5. The van der Waals surface area contributed by atoms with Crippen LogP contribution in [0.4, 0.5) is 5.69 Å². The lowest BCUT2D eigenvalue weighted by Crippen LogP contribution is -2.41. The van der Waals surface area contributed by atoms with E-state index in [9.17, 15) is 9.59 Å². The maximum atomic E-state index is 12.6. The predicted molar refractivity (Wildman–Crippen MR) is 109 cm³/mol. The highest BCUT2D eigenvalue weighted by Gasteiger charge is 2.33. The molecule has 0 radical (unpaired) electrons. The number of carbonyl (C=O) groups is 2. The summed E-state index contributed by atoms with van der Waals surface area (Å²) in [5.74, 6) is -0.146. The van der Waals surface area contributed by atoms with Crippen molar-refractivity contribution in [2.75, 3.05) is 25.0 Å². The van der Waals surface area contributed by atoms with Gasteiger partial charge in [0.1, 0.15) is 0 Å². The van der Waals surface area contributed by atoms with Crippen LogP contribution >= 0.6 is 24.0 Å². The van der Waals surface area contributed by atoms with Gasteiger partial charge in [-0.3, -0.25) is 9.59 Å². The van der Waals surface area contributed by atoms with Crippen molar-refractivity contribution >= 4 is 41.5 Å². The van der Waals surface area contributed by atoms with Crippen LogP contribution in [0.3, 0.4) is 0 Å². The minimum atomic E-state index is -0.575. The molecular formula is C19H29Cl2N3O2. The van der Waals surface area contributed by atoms with Gasteiger partial charge in [0, 0.05) is 25.3 Å². The molecule has 0 aromatic heterocycles. The first-order chi connectivity index (χ1) is 12.0. The summed E-state index contributed by atoms with van der Waals surface area (Å²) in [6.45, 7) is 5.77. The van der Waals surface area contributed by atoms with E-state index >= 15 is 0 Å². The second-order valence-electron chi connectivity index (χ2n) is 6.69. The van der Waals surface area contributed by atoms with E-state index in [0.717, 1.165) is 25.9 Å². The molecule has 1 aromatic rings. The Hall–Kier alpha value is -1.30. The molecule has 1 heterocycles. The van der Waals surface area contributed by atoms with E-state index in [1.54, 1.807) is 18.2 Å². The van der Waals surface area contributed by atoms with Crippen molar-refractivity contribution in [2.24, 2.45) is 11.1 Å². The van der Waals surface area contributed by atoms with E-state index in [4.69, 9.17) is 17.3 Å². The molecule has 0 unspecified atom stereocenters. The van der Waals surface area contributed by atoms with Crippen molar-refractivity contribution in [1.82, 2.24) is 4.90 Å². The van der Waals surface area contributed by atoms with Crippen molar-refractivity contribution in [3.05, 3.63) is 28.8 Å². The zero-order chi connectivity index (χ0) is 18.4. The molecule has 146 valence electrons. The molecule has 1 aliphatic heterocycles. The van der Waals surface area contributed by atoms with Crippen LogP contribution in [0.25, 0.3) is 0 Å². The Bertz CT molecular complexity index is 619. The summed E-state index contributed by atoms with van der Waals surface area (Å²) in [7, 11) is 0. The van der Waals surface area contributed by atoms with Crippen molar-refractivity contribution < 1.29 is 9.59 Å². The van der Waals surface area contributed by atoms with E-state index in [-0.39, 0.29) is 24.2 Å². The zero-order valence-corrected chi connectivity index (χ0v) is 17.1. The second-order valence-corrected chi connectivity index (χ2v) is 7.10. The molecule has 1 saturated heterocycles. The monoisotopic (exact) mass is 401 g/mol. The first-order valence-electron chi connectivity index (χ1n) is 9.07. The molecular weight excluding hydrogens is 373 g/mol. The molecule has 26 heavy (non-hydrogen) atoms. The number of nitrogens with two attached hydrogens (primary N) is 1. The van der Waals surface area contributed by atoms with Gasteiger partial charge in [-0.05, 0) is 50.3 Å². The number of likely N-dealkylation sites (tertiary alicyclic amines) is 1. The van der Waals surface area contributed by atoms with Crippen LogP contribution in [-0.4, -0.2) is 36.3 Å². The van der Waals surface area contributed by atoms with E-state index in [1.807, 2.05) is 18.7 Å². The van der Waals surface area contributed by atoms with Crippen LogP contribution in [0.5, 0.6) is 0 Å². The third kappa shape index (κ3) is 4.90. The fourth-order valence-electron chi connectivity index (χ4n) is 3.25. The third-order valence-electron chi connectivity index (χ3n) is 5.33. The van der Waals surface area contributed by atoms with Gasteiger partial charge in [0.25, 0.3) is 5.91 Å². The average Bonchev–Trinajstić information content (AvgIpc) is 2.64. The molecule has 1 aromatic carbocycles. The predicted octanol–water partition coefficient (Wildman–Crippen LogP) is 4.09. The van der Waals surface area contributed by atoms with Gasteiger partial charge in [0.05, 0.1) is 16.0 Å². The summed E-state index contributed by atoms with van der Waals surface area (Å²) in [4.78, 5) is 27.0. The van der Waals surface area contributed by atoms with Gasteiger partial charge >= 0.3 is 0 Å². The first kappa shape index (κ1) is 22.7. The molecule has 2 amide bonds. The van der Waals surface area contributed by atoms with E-state index in [1.165, 1.54) is 6.42 Å². The lowest BCUT2D eigenvalue weighted by atomic mass is 9.81. The summed E-state index contributed by atoms with van der Waals surface area (Å²) in [5.41, 5.74) is 6.32. The Labute approximate surface area is 167 Å². The number of rotatable bonds is 6. The van der Waals surface area contributed by atoms with E-state index in [0.29, 0.717) is 35.7 Å². The maximum Gasteiger partial charge on any atom is 0.255 e. The van der Waals surface area contributed by atoms with Crippen molar-refractivity contribution in [3.8, 4) is 0 Å². The van der Waals surface area contributed by atoms with Gasteiger partial charge < -0.3 is 16.0 Å². The molecule has 1 fully saturated rings. The van der Waals surface area contributed by atoms with Crippen molar-refractivity contribution in [1.29, 1.82) is 0 Å². The Morgan fingerprint density at radius 2 is 1.81 bits per heavy atom. The van der Waals surface area contributed by atoms with Crippen molar-refractivity contribution in [3.63, 3.8) is 0 Å². The number of hydrogen-bond donors (Lipinski definition) is 2. The fraction of sp³-hybridized carbons (Fsp3) is 0.579. The van der Waals surface area contributed by atoms with Crippen LogP contribution in [0.15, 0.2) is 18.2 Å². The van der Waals surface area contributed by atoms with Gasteiger partial charge in [-0.15, -0.1) is 12.4 Å². The minimum absolute atomic E-state index is 0. The molecule has 3 N–H and O–H groups in total. The van der Waals surface area contributed by atoms with Crippen LogP contribution < -0.4 is 11.1 Å². The molecule has 5 nitrogen and oxygen atoms in total. The molecule has 0 atom stereocenters. The molecule has 0 bridgehead atoms. The smallest absolute Gasteiger partial charge is 0.255 e. The molecule has 7 heteroatoms. The van der Waals surface area contributed by atoms with E-state index < -0.39 is 5.41 Å². The third-order valence-corrected chi connectivity index (χ3v) is 5.64. The Morgan fingerprint density at radius 1 is 1.19 bits per heavy atom. The van der Waals surface area contributed by atoms with Gasteiger partial charge in [-0.25, -0.2) is 0 Å². The largest absolute Gasteiger partial charge is 0.339 e. The molecule has 2 rings (SSSR count). The number of carbonyl (C=O) groups excluding carboxylic acids is 2. The number of halogens is 2. The first-order valence-corrected chi connectivity index (χ1v) is 9.45. The number of amides is 2. The molecule has 0 saturated carbocycles.